The first kappa shape index (κ1) is 24.0. The lowest BCUT2D eigenvalue weighted by atomic mass is 9.96. The summed E-state index contributed by atoms with van der Waals surface area (Å²) < 4.78 is 33.9. The van der Waals surface area contributed by atoms with Crippen LogP contribution in [0.3, 0.4) is 0 Å². The number of ether oxygens (including phenoxy) is 1. The molecule has 180 valence electrons. The second-order valence-corrected chi connectivity index (χ2v) is 10.5. The summed E-state index contributed by atoms with van der Waals surface area (Å²) in [6, 6.07) is 13.1. The van der Waals surface area contributed by atoms with Crippen molar-refractivity contribution in [3.05, 3.63) is 71.3 Å². The van der Waals surface area contributed by atoms with Gasteiger partial charge in [0.15, 0.2) is 5.11 Å². The third kappa shape index (κ3) is 4.47. The zero-order chi connectivity index (χ0) is 24.6. The summed E-state index contributed by atoms with van der Waals surface area (Å²) in [6.07, 6.45) is 2.89. The number of nitrogens with zero attached hydrogens (tertiary/aromatic N) is 3. The Morgan fingerprint density at radius 3 is 2.56 bits per heavy atom. The smallest absolute Gasteiger partial charge is 0.229 e. The largest absolute Gasteiger partial charge is 0.494 e. The Morgan fingerprint density at radius 2 is 1.97 bits per heavy atom. The lowest BCUT2D eigenvalue weighted by Gasteiger charge is -2.28. The first-order valence-corrected chi connectivity index (χ1v) is 13.3. The van der Waals surface area contributed by atoms with E-state index in [0.717, 1.165) is 29.7 Å². The highest BCUT2D eigenvalue weighted by molar-refractivity contribution is 7.92. The first-order chi connectivity index (χ1) is 16.1. The monoisotopic (exact) mass is 499 g/mol. The van der Waals surface area contributed by atoms with Crippen LogP contribution in [-0.4, -0.2) is 36.4 Å². The summed E-state index contributed by atoms with van der Waals surface area (Å²) in [5.74, 6) is 0.407. The zero-order valence-corrected chi connectivity index (χ0v) is 21.5. The number of pyridine rings is 1. The molecule has 2 atom stereocenters. The van der Waals surface area contributed by atoms with Crippen LogP contribution in [0.25, 0.3) is 0 Å². The third-order valence-corrected chi connectivity index (χ3v) is 7.01. The van der Waals surface area contributed by atoms with Gasteiger partial charge >= 0.3 is 0 Å². The Hall–Kier alpha value is -3.11. The highest BCUT2D eigenvalue weighted by Gasteiger charge is 2.42. The van der Waals surface area contributed by atoms with Gasteiger partial charge in [-0.3, -0.25) is 9.71 Å². The molecule has 0 unspecified atom stereocenters. The van der Waals surface area contributed by atoms with Gasteiger partial charge < -0.3 is 19.5 Å². The lowest BCUT2D eigenvalue weighted by Crippen LogP contribution is -2.29. The van der Waals surface area contributed by atoms with E-state index < -0.39 is 10.0 Å². The maximum atomic E-state index is 11.8. The van der Waals surface area contributed by atoms with E-state index in [9.17, 15) is 8.42 Å². The second-order valence-electron chi connectivity index (χ2n) is 8.33. The topological polar surface area (TPSA) is 88.5 Å². The van der Waals surface area contributed by atoms with Crippen molar-refractivity contribution in [3.8, 4) is 5.75 Å². The molecule has 0 aliphatic carbocycles. The molecule has 0 spiro atoms. The minimum absolute atomic E-state index is 0.160. The van der Waals surface area contributed by atoms with Crippen LogP contribution in [0.4, 0.5) is 11.4 Å². The standard InChI is InChI=1S/C24H29N5O3S2/c1-6-28-15(2)13-18(16(28)3)23-22(20-9-7-8-12-25-20)26-24(33)29(23)17-10-11-19(21(14-17)32-4)27-34(5,30)31/h7-14,22-23,27H,6H2,1-5H3,(H,26,33)/t22-,23+/m0/s1. The number of thiocarbonyl (C=S) groups is 1. The lowest BCUT2D eigenvalue weighted by molar-refractivity contribution is 0.417. The average Bonchev–Trinajstić information content (AvgIpc) is 3.28. The number of methoxy groups -OCH3 is 1. The Labute approximate surface area is 206 Å². The van der Waals surface area contributed by atoms with Crippen LogP contribution >= 0.6 is 12.2 Å². The summed E-state index contributed by atoms with van der Waals surface area (Å²) in [5, 5.41) is 4.03. The van der Waals surface area contributed by atoms with Crippen molar-refractivity contribution in [3.63, 3.8) is 0 Å². The molecule has 1 aliphatic heterocycles. The molecule has 0 amide bonds. The van der Waals surface area contributed by atoms with E-state index in [4.69, 9.17) is 17.0 Å². The molecular formula is C24H29N5O3S2. The van der Waals surface area contributed by atoms with Crippen molar-refractivity contribution in [1.82, 2.24) is 14.9 Å². The van der Waals surface area contributed by atoms with E-state index in [2.05, 4.69) is 51.3 Å². The molecule has 1 aromatic carbocycles. The van der Waals surface area contributed by atoms with Gasteiger partial charge in [-0.15, -0.1) is 0 Å². The van der Waals surface area contributed by atoms with Gasteiger partial charge in [0.1, 0.15) is 5.75 Å². The Kier molecular flexibility index (Phi) is 6.55. The maximum Gasteiger partial charge on any atom is 0.229 e. The Balaban J connectivity index is 1.86. The Morgan fingerprint density at radius 1 is 1.21 bits per heavy atom. The van der Waals surface area contributed by atoms with Gasteiger partial charge in [0.2, 0.25) is 10.0 Å². The predicted octanol–water partition coefficient (Wildman–Crippen LogP) is 4.08. The van der Waals surface area contributed by atoms with Crippen LogP contribution < -0.4 is 19.7 Å². The minimum atomic E-state index is -3.45. The molecule has 4 rings (SSSR count). The van der Waals surface area contributed by atoms with Crippen molar-refractivity contribution in [2.75, 3.05) is 23.0 Å². The highest BCUT2D eigenvalue weighted by Crippen LogP contribution is 2.44. The number of hydrogen-bond donors (Lipinski definition) is 2. The van der Waals surface area contributed by atoms with Crippen molar-refractivity contribution in [2.24, 2.45) is 0 Å². The normalized spacial score (nSPS) is 18.1. The van der Waals surface area contributed by atoms with Crippen LogP contribution in [0.15, 0.2) is 48.7 Å². The van der Waals surface area contributed by atoms with Crippen LogP contribution in [0, 0.1) is 13.8 Å². The highest BCUT2D eigenvalue weighted by atomic mass is 32.2. The second kappa shape index (κ2) is 9.27. The molecule has 1 fully saturated rings. The summed E-state index contributed by atoms with van der Waals surface area (Å²) in [6.45, 7) is 7.24. The molecule has 2 aromatic heterocycles. The first-order valence-electron chi connectivity index (χ1n) is 11.0. The number of sulfonamides is 1. The summed E-state index contributed by atoms with van der Waals surface area (Å²) in [7, 11) is -1.94. The van der Waals surface area contributed by atoms with Crippen molar-refractivity contribution >= 4 is 38.7 Å². The summed E-state index contributed by atoms with van der Waals surface area (Å²) in [4.78, 5) is 6.67. The van der Waals surface area contributed by atoms with Gasteiger partial charge in [-0.2, -0.15) is 0 Å². The molecule has 8 nitrogen and oxygen atoms in total. The summed E-state index contributed by atoms with van der Waals surface area (Å²) in [5.41, 5.74) is 5.55. The molecular weight excluding hydrogens is 470 g/mol. The fourth-order valence-corrected chi connectivity index (χ4v) is 5.59. The predicted molar refractivity (Wildman–Crippen MR) is 139 cm³/mol. The van der Waals surface area contributed by atoms with Crippen LogP contribution in [0.1, 0.15) is 41.7 Å². The maximum absolute atomic E-state index is 11.8. The van der Waals surface area contributed by atoms with Crippen molar-refractivity contribution in [2.45, 2.75) is 39.4 Å². The van der Waals surface area contributed by atoms with Gasteiger partial charge in [-0.25, -0.2) is 8.42 Å². The van der Waals surface area contributed by atoms with E-state index in [0.29, 0.717) is 16.5 Å². The molecule has 0 bridgehead atoms. The van der Waals surface area contributed by atoms with Gasteiger partial charge in [0.05, 0.1) is 36.8 Å². The van der Waals surface area contributed by atoms with E-state index in [-0.39, 0.29) is 12.1 Å². The van der Waals surface area contributed by atoms with Gasteiger partial charge in [0.25, 0.3) is 0 Å². The number of rotatable bonds is 7. The summed E-state index contributed by atoms with van der Waals surface area (Å²) >= 11 is 5.82. The molecule has 3 aromatic rings. The number of benzene rings is 1. The molecule has 0 saturated carbocycles. The van der Waals surface area contributed by atoms with E-state index in [1.54, 1.807) is 18.3 Å². The van der Waals surface area contributed by atoms with Crippen LogP contribution in [-0.2, 0) is 16.6 Å². The molecule has 10 heteroatoms. The minimum Gasteiger partial charge on any atom is -0.494 e. The van der Waals surface area contributed by atoms with E-state index >= 15 is 0 Å². The van der Waals surface area contributed by atoms with Gasteiger partial charge in [0, 0.05) is 35.9 Å². The molecule has 0 radical (unpaired) electrons. The molecule has 1 saturated heterocycles. The van der Waals surface area contributed by atoms with Crippen LogP contribution in [0.2, 0.25) is 0 Å². The third-order valence-electron chi connectivity index (χ3n) is 6.10. The Bertz CT molecular complexity index is 1320. The average molecular weight is 500 g/mol. The SMILES string of the molecule is CCn1c(C)cc([C@@H]2[C@H](c3ccccn3)NC(=S)N2c2ccc(NS(C)(=O)=O)c(OC)c2)c1C. The van der Waals surface area contributed by atoms with Crippen molar-refractivity contribution in [1.29, 1.82) is 0 Å². The molecule has 1 aliphatic rings. The van der Waals surface area contributed by atoms with E-state index in [1.807, 2.05) is 24.3 Å². The molecule has 34 heavy (non-hydrogen) atoms. The molecule has 3 heterocycles. The zero-order valence-electron chi connectivity index (χ0n) is 19.9. The number of nitrogens with one attached hydrogen (secondary N) is 2. The fourth-order valence-electron chi connectivity index (χ4n) is 4.68. The quantitative estimate of drug-likeness (QED) is 0.474. The molecule has 2 N–H and O–H groups in total. The van der Waals surface area contributed by atoms with Gasteiger partial charge in [-0.1, -0.05) is 6.07 Å². The van der Waals surface area contributed by atoms with Gasteiger partial charge in [-0.05, 0) is 68.9 Å². The van der Waals surface area contributed by atoms with Crippen LogP contribution in [0.5, 0.6) is 5.75 Å². The van der Waals surface area contributed by atoms with Crippen molar-refractivity contribution < 1.29 is 13.2 Å². The number of hydrogen-bond acceptors (Lipinski definition) is 5. The number of anilines is 2. The van der Waals surface area contributed by atoms with E-state index in [1.165, 1.54) is 18.5 Å². The number of aromatic nitrogens is 2. The number of aryl methyl sites for hydroxylation is 1. The fraction of sp³-hybridized carbons (Fsp3) is 0.333.